The normalized spacial score (nSPS) is 27.7. The second-order valence-electron chi connectivity index (χ2n) is 6.55. The second kappa shape index (κ2) is 5.66. The molecule has 4 heterocycles. The van der Waals surface area contributed by atoms with Crippen LogP contribution in [0, 0.1) is 0 Å². The number of thiophene rings is 1. The van der Waals surface area contributed by atoms with E-state index in [1.54, 1.807) is 16.2 Å². The van der Waals surface area contributed by atoms with Crippen LogP contribution in [-0.2, 0) is 22.6 Å². The predicted molar refractivity (Wildman–Crippen MR) is 84.6 cm³/mol. The van der Waals surface area contributed by atoms with Crippen molar-refractivity contribution in [1.82, 2.24) is 15.1 Å². The van der Waals surface area contributed by atoms with Crippen molar-refractivity contribution in [3.8, 4) is 0 Å². The summed E-state index contributed by atoms with van der Waals surface area (Å²) in [6.45, 7) is 2.39. The van der Waals surface area contributed by atoms with Gasteiger partial charge in [-0.05, 0) is 36.3 Å². The molecule has 2 bridgehead atoms. The molecule has 3 aliphatic heterocycles. The highest BCUT2D eigenvalue weighted by molar-refractivity contribution is 7.10. The van der Waals surface area contributed by atoms with Gasteiger partial charge in [-0.3, -0.25) is 9.59 Å². The Morgan fingerprint density at radius 2 is 2.23 bits per heavy atom. The van der Waals surface area contributed by atoms with Gasteiger partial charge in [-0.2, -0.15) is 0 Å². The summed E-state index contributed by atoms with van der Waals surface area (Å²) in [4.78, 5) is 29.9. The van der Waals surface area contributed by atoms with Crippen LogP contribution in [0.15, 0.2) is 11.4 Å². The molecular weight excluding hydrogens is 298 g/mol. The lowest BCUT2D eigenvalue weighted by atomic mass is 10.1. The Bertz CT molecular complexity index is 600. The van der Waals surface area contributed by atoms with Crippen LogP contribution in [0.5, 0.6) is 0 Å². The van der Waals surface area contributed by atoms with E-state index < -0.39 is 0 Å². The molecule has 118 valence electrons. The summed E-state index contributed by atoms with van der Waals surface area (Å²) in [5.41, 5.74) is 1.27. The van der Waals surface area contributed by atoms with Gasteiger partial charge in [0.25, 0.3) is 0 Å². The van der Waals surface area contributed by atoms with Crippen molar-refractivity contribution in [3.63, 3.8) is 0 Å². The Labute approximate surface area is 134 Å². The van der Waals surface area contributed by atoms with Crippen LogP contribution in [0.2, 0.25) is 0 Å². The van der Waals surface area contributed by atoms with E-state index in [0.29, 0.717) is 31.6 Å². The van der Waals surface area contributed by atoms with E-state index in [9.17, 15) is 9.59 Å². The largest absolute Gasteiger partial charge is 0.336 e. The third kappa shape index (κ3) is 2.65. The highest BCUT2D eigenvalue weighted by atomic mass is 32.1. The standard InChI is InChI=1S/C16H21N3O2S/c20-15-7-12-1-2-13(17-12)9-19(15)10-16(21)18-5-3-14-11(8-18)4-6-22-14/h4,6,12-13,17H,1-3,5,7-10H2/t12-,13+/m1/s1. The number of nitrogens with one attached hydrogen (secondary N) is 1. The number of rotatable bonds is 2. The predicted octanol–water partition coefficient (Wildman–Crippen LogP) is 0.986. The minimum absolute atomic E-state index is 0.0861. The third-order valence-corrected chi connectivity index (χ3v) is 6.06. The molecular formula is C16H21N3O2S. The first-order chi connectivity index (χ1) is 10.7. The Hall–Kier alpha value is -1.40. The fourth-order valence-electron chi connectivity index (χ4n) is 3.79. The minimum Gasteiger partial charge on any atom is -0.336 e. The lowest BCUT2D eigenvalue weighted by Gasteiger charge is -2.30. The summed E-state index contributed by atoms with van der Waals surface area (Å²) >= 11 is 1.78. The Balaban J connectivity index is 1.40. The zero-order chi connectivity index (χ0) is 15.1. The number of nitrogens with zero attached hydrogens (tertiary/aromatic N) is 2. The van der Waals surface area contributed by atoms with Gasteiger partial charge >= 0.3 is 0 Å². The van der Waals surface area contributed by atoms with Gasteiger partial charge in [0.2, 0.25) is 11.8 Å². The fraction of sp³-hybridized carbons (Fsp3) is 0.625. The molecule has 3 aliphatic rings. The lowest BCUT2D eigenvalue weighted by Crippen LogP contribution is -2.46. The fourth-order valence-corrected chi connectivity index (χ4v) is 4.68. The first-order valence-electron chi connectivity index (χ1n) is 8.06. The number of carbonyl (C=O) groups excluding carboxylic acids is 2. The smallest absolute Gasteiger partial charge is 0.242 e. The van der Waals surface area contributed by atoms with Crippen LogP contribution in [0.25, 0.3) is 0 Å². The van der Waals surface area contributed by atoms with E-state index in [-0.39, 0.29) is 18.4 Å². The SMILES string of the molecule is O=C(CN1C[C@@H]2CC[C@H](CC1=O)N2)N1CCc2sccc2C1. The first kappa shape index (κ1) is 14.2. The molecule has 6 heteroatoms. The highest BCUT2D eigenvalue weighted by Gasteiger charge is 2.34. The van der Waals surface area contributed by atoms with Crippen molar-refractivity contribution < 1.29 is 9.59 Å². The van der Waals surface area contributed by atoms with Crippen molar-refractivity contribution in [2.24, 2.45) is 0 Å². The van der Waals surface area contributed by atoms with Crippen LogP contribution >= 0.6 is 11.3 Å². The van der Waals surface area contributed by atoms with E-state index in [1.165, 1.54) is 10.4 Å². The van der Waals surface area contributed by atoms with Gasteiger partial charge in [-0.15, -0.1) is 11.3 Å². The average Bonchev–Trinajstić information content (AvgIpc) is 3.10. The molecule has 1 N–H and O–H groups in total. The number of likely N-dealkylation sites (tertiary alicyclic amines) is 1. The molecule has 0 unspecified atom stereocenters. The number of hydrogen-bond donors (Lipinski definition) is 1. The molecule has 1 aromatic heterocycles. The van der Waals surface area contributed by atoms with Crippen LogP contribution in [-0.4, -0.2) is 53.3 Å². The molecule has 0 radical (unpaired) electrons. The van der Waals surface area contributed by atoms with Gasteiger partial charge in [0.15, 0.2) is 0 Å². The van der Waals surface area contributed by atoms with Crippen molar-refractivity contribution in [2.75, 3.05) is 19.6 Å². The Morgan fingerprint density at radius 1 is 1.36 bits per heavy atom. The maximum Gasteiger partial charge on any atom is 0.242 e. The molecule has 0 saturated carbocycles. The lowest BCUT2D eigenvalue weighted by molar-refractivity contribution is -0.141. The topological polar surface area (TPSA) is 52.7 Å². The van der Waals surface area contributed by atoms with Crippen molar-refractivity contribution >= 4 is 23.2 Å². The molecule has 0 aliphatic carbocycles. The van der Waals surface area contributed by atoms with Crippen LogP contribution in [0.3, 0.4) is 0 Å². The van der Waals surface area contributed by atoms with Gasteiger partial charge < -0.3 is 15.1 Å². The zero-order valence-electron chi connectivity index (χ0n) is 12.6. The summed E-state index contributed by atoms with van der Waals surface area (Å²) in [6, 6.07) is 2.80. The zero-order valence-corrected chi connectivity index (χ0v) is 13.4. The number of carbonyl (C=O) groups is 2. The van der Waals surface area contributed by atoms with E-state index >= 15 is 0 Å². The average molecular weight is 319 g/mol. The van der Waals surface area contributed by atoms with Crippen molar-refractivity contribution in [3.05, 3.63) is 21.9 Å². The quantitative estimate of drug-likeness (QED) is 0.884. The van der Waals surface area contributed by atoms with Crippen LogP contribution < -0.4 is 5.32 Å². The maximum absolute atomic E-state index is 12.6. The maximum atomic E-state index is 12.6. The monoisotopic (exact) mass is 319 g/mol. The van der Waals surface area contributed by atoms with Crippen molar-refractivity contribution in [2.45, 2.75) is 44.3 Å². The van der Waals surface area contributed by atoms with Crippen LogP contribution in [0.4, 0.5) is 0 Å². The molecule has 5 nitrogen and oxygen atoms in total. The van der Waals surface area contributed by atoms with Gasteiger partial charge in [-0.25, -0.2) is 0 Å². The Kier molecular flexibility index (Phi) is 3.66. The van der Waals surface area contributed by atoms with Gasteiger partial charge in [0.05, 0.1) is 6.54 Å². The summed E-state index contributed by atoms with van der Waals surface area (Å²) in [6.07, 6.45) is 3.69. The molecule has 2 amide bonds. The molecule has 2 saturated heterocycles. The molecule has 1 aromatic rings. The molecule has 22 heavy (non-hydrogen) atoms. The van der Waals surface area contributed by atoms with E-state index in [2.05, 4.69) is 16.8 Å². The highest BCUT2D eigenvalue weighted by Crippen LogP contribution is 2.25. The molecule has 0 spiro atoms. The van der Waals surface area contributed by atoms with E-state index in [0.717, 1.165) is 25.8 Å². The summed E-state index contributed by atoms with van der Waals surface area (Å²) < 4.78 is 0. The van der Waals surface area contributed by atoms with E-state index in [1.807, 2.05) is 4.90 Å². The number of hydrogen-bond acceptors (Lipinski definition) is 4. The number of fused-ring (bicyclic) bond motifs is 3. The molecule has 4 rings (SSSR count). The number of amides is 2. The van der Waals surface area contributed by atoms with Crippen molar-refractivity contribution in [1.29, 1.82) is 0 Å². The molecule has 0 aromatic carbocycles. The second-order valence-corrected chi connectivity index (χ2v) is 7.55. The summed E-state index contributed by atoms with van der Waals surface area (Å²) in [5.74, 6) is 0.212. The summed E-state index contributed by atoms with van der Waals surface area (Å²) in [7, 11) is 0. The third-order valence-electron chi connectivity index (χ3n) is 5.04. The van der Waals surface area contributed by atoms with E-state index in [4.69, 9.17) is 0 Å². The van der Waals surface area contributed by atoms with Crippen LogP contribution in [0.1, 0.15) is 29.7 Å². The van der Waals surface area contributed by atoms with Gasteiger partial charge in [0, 0.05) is 43.0 Å². The minimum atomic E-state index is 0.0861. The first-order valence-corrected chi connectivity index (χ1v) is 8.94. The Morgan fingerprint density at radius 3 is 3.14 bits per heavy atom. The van der Waals surface area contributed by atoms with Gasteiger partial charge in [-0.1, -0.05) is 0 Å². The molecule has 2 atom stereocenters. The molecule has 2 fully saturated rings. The van der Waals surface area contributed by atoms with Gasteiger partial charge in [0.1, 0.15) is 0 Å². The summed E-state index contributed by atoms with van der Waals surface area (Å²) in [5, 5.41) is 5.59.